The van der Waals surface area contributed by atoms with E-state index >= 15 is 0 Å². The molecule has 0 aliphatic carbocycles. The minimum Gasteiger partial charge on any atom is -0.339 e. The molecule has 0 atom stereocenters. The molecule has 126 valence electrons. The Morgan fingerprint density at radius 2 is 1.91 bits per heavy atom. The molecule has 5 heteroatoms. The van der Waals surface area contributed by atoms with Gasteiger partial charge in [0.15, 0.2) is 0 Å². The molecular weight excluding hydrogens is 290 g/mol. The number of carbonyl (C=O) groups is 2. The molecule has 1 aliphatic heterocycles. The number of nitrogens with one attached hydrogen (secondary N) is 2. The number of hydrogen-bond donors (Lipinski definition) is 2. The molecule has 5 nitrogen and oxygen atoms in total. The first kappa shape index (κ1) is 17.5. The van der Waals surface area contributed by atoms with Crippen LogP contribution in [0, 0.1) is 5.92 Å². The Balaban J connectivity index is 1.96. The number of hydrogen-bond acceptors (Lipinski definition) is 3. The molecule has 1 saturated heterocycles. The van der Waals surface area contributed by atoms with Gasteiger partial charge in [0.1, 0.15) is 0 Å². The second kappa shape index (κ2) is 8.67. The summed E-state index contributed by atoms with van der Waals surface area (Å²) in [5, 5.41) is 6.23. The number of nitrogens with zero attached hydrogens (tertiary/aromatic N) is 1. The van der Waals surface area contributed by atoms with E-state index in [1.807, 2.05) is 26.0 Å². The van der Waals surface area contributed by atoms with Crippen molar-refractivity contribution >= 4 is 17.5 Å². The number of benzene rings is 1. The smallest absolute Gasteiger partial charge is 0.253 e. The molecule has 2 amide bonds. The summed E-state index contributed by atoms with van der Waals surface area (Å²) < 4.78 is 0. The Labute approximate surface area is 138 Å². The van der Waals surface area contributed by atoms with Gasteiger partial charge in [-0.15, -0.1) is 0 Å². The van der Waals surface area contributed by atoms with E-state index in [1.165, 1.54) is 0 Å². The molecule has 2 N–H and O–H groups in total. The average molecular weight is 317 g/mol. The van der Waals surface area contributed by atoms with Gasteiger partial charge in [0.05, 0.1) is 0 Å². The van der Waals surface area contributed by atoms with Crippen LogP contribution in [0.25, 0.3) is 0 Å². The summed E-state index contributed by atoms with van der Waals surface area (Å²) in [6, 6.07) is 7.21. The summed E-state index contributed by atoms with van der Waals surface area (Å²) in [5.41, 5.74) is 1.32. The first-order valence-corrected chi connectivity index (χ1v) is 8.54. The van der Waals surface area contributed by atoms with Crippen LogP contribution >= 0.6 is 0 Å². The van der Waals surface area contributed by atoms with Crippen molar-refractivity contribution < 1.29 is 9.59 Å². The van der Waals surface area contributed by atoms with Gasteiger partial charge in [-0.2, -0.15) is 0 Å². The zero-order valence-electron chi connectivity index (χ0n) is 14.1. The summed E-state index contributed by atoms with van der Waals surface area (Å²) in [4.78, 5) is 26.3. The fourth-order valence-corrected chi connectivity index (χ4v) is 2.98. The Morgan fingerprint density at radius 1 is 1.22 bits per heavy atom. The van der Waals surface area contributed by atoms with Gasteiger partial charge in [-0.05, 0) is 63.9 Å². The minimum atomic E-state index is 0.00412. The molecule has 0 aromatic heterocycles. The van der Waals surface area contributed by atoms with Gasteiger partial charge in [0.25, 0.3) is 5.91 Å². The third-order valence-electron chi connectivity index (χ3n) is 4.38. The van der Waals surface area contributed by atoms with Crippen LogP contribution in [0.2, 0.25) is 0 Å². The van der Waals surface area contributed by atoms with E-state index in [-0.39, 0.29) is 11.8 Å². The van der Waals surface area contributed by atoms with Crippen LogP contribution < -0.4 is 10.6 Å². The largest absolute Gasteiger partial charge is 0.339 e. The van der Waals surface area contributed by atoms with Gasteiger partial charge < -0.3 is 15.5 Å². The Hall–Kier alpha value is -1.88. The van der Waals surface area contributed by atoms with Crippen molar-refractivity contribution in [2.45, 2.75) is 33.1 Å². The maximum atomic E-state index is 12.4. The summed E-state index contributed by atoms with van der Waals surface area (Å²) in [6.07, 6.45) is 2.65. The van der Waals surface area contributed by atoms with E-state index in [0.29, 0.717) is 36.7 Å². The van der Waals surface area contributed by atoms with Crippen molar-refractivity contribution in [3.63, 3.8) is 0 Å². The highest BCUT2D eigenvalue weighted by Gasteiger charge is 2.17. The Bertz CT molecular complexity index is 535. The SMILES string of the molecule is CCN(CC)C(=O)c1cccc(NC(=O)CC2CCNCC2)c1. The van der Waals surface area contributed by atoms with Crippen LogP contribution in [0.5, 0.6) is 0 Å². The molecule has 2 rings (SSSR count). The van der Waals surface area contributed by atoms with Crippen LogP contribution in [-0.2, 0) is 4.79 Å². The van der Waals surface area contributed by atoms with Crippen LogP contribution in [0.15, 0.2) is 24.3 Å². The molecule has 23 heavy (non-hydrogen) atoms. The highest BCUT2D eigenvalue weighted by Crippen LogP contribution is 2.18. The monoisotopic (exact) mass is 317 g/mol. The quantitative estimate of drug-likeness (QED) is 0.847. The fraction of sp³-hybridized carbons (Fsp3) is 0.556. The molecule has 0 spiro atoms. The van der Waals surface area contributed by atoms with E-state index < -0.39 is 0 Å². The highest BCUT2D eigenvalue weighted by atomic mass is 16.2. The third kappa shape index (κ3) is 5.06. The fourth-order valence-electron chi connectivity index (χ4n) is 2.98. The number of anilines is 1. The average Bonchev–Trinajstić information content (AvgIpc) is 2.57. The predicted molar refractivity (Wildman–Crippen MR) is 92.5 cm³/mol. The molecular formula is C18H27N3O2. The predicted octanol–water partition coefficient (Wildman–Crippen LogP) is 2.50. The second-order valence-corrected chi connectivity index (χ2v) is 6.00. The van der Waals surface area contributed by atoms with Crippen molar-refractivity contribution in [3.05, 3.63) is 29.8 Å². The van der Waals surface area contributed by atoms with E-state index in [0.717, 1.165) is 25.9 Å². The van der Waals surface area contributed by atoms with Gasteiger partial charge in [0, 0.05) is 30.8 Å². The lowest BCUT2D eigenvalue weighted by Crippen LogP contribution is -2.30. The van der Waals surface area contributed by atoms with Crippen molar-refractivity contribution in [1.82, 2.24) is 10.2 Å². The van der Waals surface area contributed by atoms with Gasteiger partial charge in [0.2, 0.25) is 5.91 Å². The highest BCUT2D eigenvalue weighted by molar-refractivity contribution is 5.97. The first-order chi connectivity index (χ1) is 11.1. The van der Waals surface area contributed by atoms with E-state index in [9.17, 15) is 9.59 Å². The maximum absolute atomic E-state index is 12.4. The Kier molecular flexibility index (Phi) is 6.59. The molecule has 1 aliphatic rings. The third-order valence-corrected chi connectivity index (χ3v) is 4.38. The van der Waals surface area contributed by atoms with Crippen molar-refractivity contribution in [2.24, 2.45) is 5.92 Å². The van der Waals surface area contributed by atoms with E-state index in [4.69, 9.17) is 0 Å². The van der Waals surface area contributed by atoms with Gasteiger partial charge in [-0.1, -0.05) is 6.07 Å². The molecule has 0 unspecified atom stereocenters. The Morgan fingerprint density at radius 3 is 2.57 bits per heavy atom. The van der Waals surface area contributed by atoms with Gasteiger partial charge in [-0.25, -0.2) is 0 Å². The number of carbonyl (C=O) groups excluding carboxylic acids is 2. The van der Waals surface area contributed by atoms with E-state index in [1.54, 1.807) is 17.0 Å². The number of amides is 2. The van der Waals surface area contributed by atoms with Crippen molar-refractivity contribution in [1.29, 1.82) is 0 Å². The zero-order chi connectivity index (χ0) is 16.7. The molecule has 1 heterocycles. The van der Waals surface area contributed by atoms with Crippen LogP contribution in [-0.4, -0.2) is 42.9 Å². The van der Waals surface area contributed by atoms with Crippen molar-refractivity contribution in [2.75, 3.05) is 31.5 Å². The van der Waals surface area contributed by atoms with Gasteiger partial charge in [-0.3, -0.25) is 9.59 Å². The normalized spacial score (nSPS) is 15.2. The standard InChI is InChI=1S/C18H27N3O2/c1-3-21(4-2)18(23)15-6-5-7-16(13-15)20-17(22)12-14-8-10-19-11-9-14/h5-7,13-14,19H,3-4,8-12H2,1-2H3,(H,20,22). The molecule has 0 bridgehead atoms. The minimum absolute atomic E-state index is 0.00412. The molecule has 1 aromatic carbocycles. The number of piperidine rings is 1. The second-order valence-electron chi connectivity index (χ2n) is 6.00. The molecule has 0 saturated carbocycles. The lowest BCUT2D eigenvalue weighted by atomic mass is 9.94. The summed E-state index contributed by atoms with van der Waals surface area (Å²) in [5.74, 6) is 0.491. The van der Waals surface area contributed by atoms with Crippen LogP contribution in [0.1, 0.15) is 43.5 Å². The van der Waals surface area contributed by atoms with Crippen molar-refractivity contribution in [3.8, 4) is 0 Å². The zero-order valence-corrected chi connectivity index (χ0v) is 14.1. The summed E-state index contributed by atoms with van der Waals surface area (Å²) in [6.45, 7) is 7.28. The topological polar surface area (TPSA) is 61.4 Å². The molecule has 1 fully saturated rings. The number of rotatable bonds is 6. The van der Waals surface area contributed by atoms with Crippen LogP contribution in [0.3, 0.4) is 0 Å². The molecule has 1 aromatic rings. The maximum Gasteiger partial charge on any atom is 0.253 e. The summed E-state index contributed by atoms with van der Waals surface area (Å²) in [7, 11) is 0. The lowest BCUT2D eigenvalue weighted by molar-refractivity contribution is -0.117. The molecule has 0 radical (unpaired) electrons. The lowest BCUT2D eigenvalue weighted by Gasteiger charge is -2.22. The van der Waals surface area contributed by atoms with Crippen LogP contribution in [0.4, 0.5) is 5.69 Å². The first-order valence-electron chi connectivity index (χ1n) is 8.54. The van der Waals surface area contributed by atoms with E-state index in [2.05, 4.69) is 10.6 Å². The van der Waals surface area contributed by atoms with Gasteiger partial charge >= 0.3 is 0 Å². The summed E-state index contributed by atoms with van der Waals surface area (Å²) >= 11 is 0.